The number of rotatable bonds is 5. The minimum atomic E-state index is -0.498. The molecule has 0 saturated heterocycles. The SMILES string of the molecule is C1=CC(c2ccc3c(c2)C2(c4ccccc4O3)c3ccccc3-c3ccccc32)=CC(c2cccc(-c3nc(-c4ccccc4)nc(-c4ccccc4)n3)c2)C1. The van der Waals surface area contributed by atoms with E-state index >= 15 is 0 Å². The molecule has 1 unspecified atom stereocenters. The molecule has 0 N–H and O–H groups in total. The molecular formula is C52H35N3O. The Morgan fingerprint density at radius 1 is 0.446 bits per heavy atom. The minimum absolute atomic E-state index is 0.175. The molecule has 264 valence electrons. The average Bonchev–Trinajstić information content (AvgIpc) is 3.57. The smallest absolute Gasteiger partial charge is 0.164 e. The molecule has 1 spiro atoms. The number of nitrogens with zero attached hydrogens (tertiary/aromatic N) is 3. The number of para-hydroxylation sites is 1. The average molecular weight is 718 g/mol. The molecule has 2 heterocycles. The van der Waals surface area contributed by atoms with Crippen molar-refractivity contribution < 1.29 is 4.74 Å². The zero-order valence-corrected chi connectivity index (χ0v) is 30.5. The van der Waals surface area contributed by atoms with Crippen molar-refractivity contribution in [2.45, 2.75) is 17.8 Å². The van der Waals surface area contributed by atoms with Gasteiger partial charge in [0.15, 0.2) is 17.5 Å². The number of fused-ring (bicyclic) bond motifs is 9. The van der Waals surface area contributed by atoms with E-state index in [-0.39, 0.29) is 5.92 Å². The molecule has 56 heavy (non-hydrogen) atoms. The van der Waals surface area contributed by atoms with Crippen molar-refractivity contribution >= 4 is 5.57 Å². The van der Waals surface area contributed by atoms with Gasteiger partial charge in [0.2, 0.25) is 0 Å². The highest BCUT2D eigenvalue weighted by molar-refractivity contribution is 5.89. The Morgan fingerprint density at radius 2 is 1.00 bits per heavy atom. The summed E-state index contributed by atoms with van der Waals surface area (Å²) < 4.78 is 6.70. The third-order valence-electron chi connectivity index (χ3n) is 11.5. The van der Waals surface area contributed by atoms with Crippen molar-refractivity contribution in [3.05, 3.63) is 228 Å². The van der Waals surface area contributed by atoms with Crippen LogP contribution in [0.1, 0.15) is 45.7 Å². The van der Waals surface area contributed by atoms with E-state index in [1.807, 2.05) is 60.7 Å². The fraction of sp³-hybridized carbons (Fsp3) is 0.0577. The second kappa shape index (κ2) is 13.0. The molecule has 3 aliphatic rings. The molecule has 4 nitrogen and oxygen atoms in total. The van der Waals surface area contributed by atoms with E-state index in [1.54, 1.807) is 0 Å². The van der Waals surface area contributed by atoms with Crippen LogP contribution in [0.3, 0.4) is 0 Å². The molecule has 0 fully saturated rings. The van der Waals surface area contributed by atoms with Gasteiger partial charge in [-0.15, -0.1) is 0 Å². The van der Waals surface area contributed by atoms with Crippen LogP contribution in [0.4, 0.5) is 0 Å². The van der Waals surface area contributed by atoms with Crippen LogP contribution in [0.25, 0.3) is 50.9 Å². The van der Waals surface area contributed by atoms with Crippen molar-refractivity contribution in [2.75, 3.05) is 0 Å². The van der Waals surface area contributed by atoms with Crippen LogP contribution in [0.15, 0.2) is 194 Å². The number of benzene rings is 7. The molecule has 1 atom stereocenters. The lowest BCUT2D eigenvalue weighted by atomic mass is 9.65. The molecule has 11 rings (SSSR count). The number of hydrogen-bond donors (Lipinski definition) is 0. The first-order valence-corrected chi connectivity index (χ1v) is 19.2. The summed E-state index contributed by atoms with van der Waals surface area (Å²) in [4.78, 5) is 14.9. The summed E-state index contributed by atoms with van der Waals surface area (Å²) in [6.07, 6.45) is 7.89. The van der Waals surface area contributed by atoms with Gasteiger partial charge in [-0.3, -0.25) is 0 Å². The van der Waals surface area contributed by atoms with Crippen molar-refractivity contribution in [1.82, 2.24) is 15.0 Å². The maximum atomic E-state index is 6.70. The Hall–Kier alpha value is -7.17. The van der Waals surface area contributed by atoms with E-state index in [4.69, 9.17) is 19.7 Å². The van der Waals surface area contributed by atoms with E-state index in [0.717, 1.165) is 34.6 Å². The van der Waals surface area contributed by atoms with E-state index < -0.39 is 5.41 Å². The molecular weight excluding hydrogens is 683 g/mol. The fourth-order valence-corrected chi connectivity index (χ4v) is 8.99. The first kappa shape index (κ1) is 32.3. The third kappa shape index (κ3) is 5.10. The fourth-order valence-electron chi connectivity index (χ4n) is 8.99. The zero-order valence-electron chi connectivity index (χ0n) is 30.5. The van der Waals surface area contributed by atoms with Gasteiger partial charge < -0.3 is 4.74 Å². The molecule has 4 heteroatoms. The van der Waals surface area contributed by atoms with Gasteiger partial charge in [0.05, 0.1) is 5.41 Å². The molecule has 0 saturated carbocycles. The quantitative estimate of drug-likeness (QED) is 0.178. The summed E-state index contributed by atoms with van der Waals surface area (Å²) in [6.45, 7) is 0. The van der Waals surface area contributed by atoms with Crippen LogP contribution in [0.5, 0.6) is 11.5 Å². The van der Waals surface area contributed by atoms with Crippen LogP contribution >= 0.6 is 0 Å². The van der Waals surface area contributed by atoms with Crippen LogP contribution in [-0.4, -0.2) is 15.0 Å². The highest BCUT2D eigenvalue weighted by Crippen LogP contribution is 2.62. The Balaban J connectivity index is 1.01. The lowest BCUT2D eigenvalue weighted by Gasteiger charge is -2.39. The highest BCUT2D eigenvalue weighted by atomic mass is 16.5. The molecule has 7 aromatic carbocycles. The first-order valence-electron chi connectivity index (χ1n) is 19.2. The first-order chi connectivity index (χ1) is 27.7. The molecule has 2 aliphatic carbocycles. The van der Waals surface area contributed by atoms with Gasteiger partial charge in [0, 0.05) is 33.7 Å². The Bertz CT molecular complexity index is 2770. The lowest BCUT2D eigenvalue weighted by Crippen LogP contribution is -2.32. The monoisotopic (exact) mass is 717 g/mol. The summed E-state index contributed by atoms with van der Waals surface area (Å²) in [6, 6.07) is 62.0. The van der Waals surface area contributed by atoms with Gasteiger partial charge in [-0.05, 0) is 69.6 Å². The largest absolute Gasteiger partial charge is 0.457 e. The predicted octanol–water partition coefficient (Wildman–Crippen LogP) is 12.5. The van der Waals surface area contributed by atoms with E-state index in [2.05, 4.69) is 133 Å². The van der Waals surface area contributed by atoms with Crippen LogP contribution in [-0.2, 0) is 5.41 Å². The standard InChI is InChI=1S/C52H35N3O/c1-3-15-34(16-4-1)49-53-50(35-17-5-2-6-18-35)55-51(54-49)40-22-14-21-38(32-40)36-19-13-20-37(31-36)39-29-30-48-46(33-39)52(45-27-11-12-28-47(45)56-48)43-25-9-7-23-41(43)42-24-8-10-26-44(42)52/h1-18,20-33,36H,19H2. The lowest BCUT2D eigenvalue weighted by molar-refractivity contribution is 0.436. The second-order valence-corrected chi connectivity index (χ2v) is 14.7. The van der Waals surface area contributed by atoms with Gasteiger partial charge in [-0.1, -0.05) is 170 Å². The summed E-state index contributed by atoms with van der Waals surface area (Å²) in [5, 5.41) is 0. The van der Waals surface area contributed by atoms with Gasteiger partial charge in [-0.2, -0.15) is 0 Å². The van der Waals surface area contributed by atoms with Crippen LogP contribution in [0, 0.1) is 0 Å². The minimum Gasteiger partial charge on any atom is -0.457 e. The van der Waals surface area contributed by atoms with Gasteiger partial charge in [0.25, 0.3) is 0 Å². The maximum absolute atomic E-state index is 6.70. The topological polar surface area (TPSA) is 47.9 Å². The third-order valence-corrected chi connectivity index (χ3v) is 11.5. The Labute approximate surface area is 326 Å². The molecule has 0 bridgehead atoms. The van der Waals surface area contributed by atoms with Crippen molar-refractivity contribution in [1.29, 1.82) is 0 Å². The van der Waals surface area contributed by atoms with Crippen molar-refractivity contribution in [3.63, 3.8) is 0 Å². The second-order valence-electron chi connectivity index (χ2n) is 14.7. The van der Waals surface area contributed by atoms with E-state index in [9.17, 15) is 0 Å². The molecule has 1 aliphatic heterocycles. The molecule has 1 aromatic heterocycles. The number of allylic oxidation sites excluding steroid dienone is 4. The normalized spacial score (nSPS) is 15.6. The van der Waals surface area contributed by atoms with E-state index in [1.165, 1.54) is 50.1 Å². The number of hydrogen-bond acceptors (Lipinski definition) is 4. The summed E-state index contributed by atoms with van der Waals surface area (Å²) in [5.74, 6) is 3.95. The van der Waals surface area contributed by atoms with E-state index in [0.29, 0.717) is 17.5 Å². The maximum Gasteiger partial charge on any atom is 0.164 e. The highest BCUT2D eigenvalue weighted by Gasteiger charge is 2.51. The molecule has 0 amide bonds. The van der Waals surface area contributed by atoms with Gasteiger partial charge in [0.1, 0.15) is 11.5 Å². The summed E-state index contributed by atoms with van der Waals surface area (Å²) in [7, 11) is 0. The van der Waals surface area contributed by atoms with Crippen molar-refractivity contribution in [2.24, 2.45) is 0 Å². The van der Waals surface area contributed by atoms with Crippen LogP contribution < -0.4 is 4.74 Å². The molecule has 8 aromatic rings. The summed E-state index contributed by atoms with van der Waals surface area (Å²) in [5.41, 5.74) is 13.5. The van der Waals surface area contributed by atoms with Crippen LogP contribution in [0.2, 0.25) is 0 Å². The zero-order chi connectivity index (χ0) is 37.1. The number of aromatic nitrogens is 3. The van der Waals surface area contributed by atoms with Gasteiger partial charge >= 0.3 is 0 Å². The van der Waals surface area contributed by atoms with Crippen molar-refractivity contribution in [3.8, 4) is 56.8 Å². The Morgan fingerprint density at radius 3 is 1.68 bits per heavy atom. The Kier molecular flexibility index (Phi) is 7.49. The number of ether oxygens (including phenoxy) is 1. The predicted molar refractivity (Wildman–Crippen MR) is 224 cm³/mol. The van der Waals surface area contributed by atoms with Gasteiger partial charge in [-0.25, -0.2) is 15.0 Å². The molecule has 0 radical (unpaired) electrons. The summed E-state index contributed by atoms with van der Waals surface area (Å²) >= 11 is 0.